The van der Waals surface area contributed by atoms with Crippen LogP contribution in [0.3, 0.4) is 0 Å². The Balaban J connectivity index is 3.02. The van der Waals surface area contributed by atoms with Crippen LogP contribution in [0.1, 0.15) is 0 Å². The predicted octanol–water partition coefficient (Wildman–Crippen LogP) is 3.56. The summed E-state index contributed by atoms with van der Waals surface area (Å²) in [5.41, 5.74) is 0. The standard InChI is InChI=1S/C10H6Cl2O2/c11-7-5-3-1-2-4-6(5)8(12)10(14)9(7)13/h1-4,13-14H. The van der Waals surface area contributed by atoms with Gasteiger partial charge >= 0.3 is 0 Å². The molecule has 4 heteroatoms. The van der Waals surface area contributed by atoms with Crippen molar-refractivity contribution in [3.8, 4) is 11.5 Å². The lowest BCUT2D eigenvalue weighted by Crippen LogP contribution is -1.79. The monoisotopic (exact) mass is 228 g/mol. The second-order valence-electron chi connectivity index (χ2n) is 2.87. The maximum Gasteiger partial charge on any atom is 0.178 e. The van der Waals surface area contributed by atoms with Crippen LogP contribution in [0.25, 0.3) is 10.8 Å². The fourth-order valence-electron chi connectivity index (χ4n) is 1.33. The molecule has 2 rings (SSSR count). The smallest absolute Gasteiger partial charge is 0.178 e. The van der Waals surface area contributed by atoms with E-state index >= 15 is 0 Å². The molecule has 0 aliphatic heterocycles. The molecular weight excluding hydrogens is 223 g/mol. The van der Waals surface area contributed by atoms with Crippen molar-refractivity contribution in [2.75, 3.05) is 0 Å². The van der Waals surface area contributed by atoms with E-state index in [0.29, 0.717) is 10.8 Å². The lowest BCUT2D eigenvalue weighted by molar-refractivity contribution is 0.405. The van der Waals surface area contributed by atoms with E-state index < -0.39 is 0 Å². The van der Waals surface area contributed by atoms with E-state index in [1.165, 1.54) is 0 Å². The van der Waals surface area contributed by atoms with E-state index in [4.69, 9.17) is 23.2 Å². The summed E-state index contributed by atoms with van der Waals surface area (Å²) in [6.45, 7) is 0. The first-order chi connectivity index (χ1) is 6.63. The second kappa shape index (κ2) is 3.23. The second-order valence-corrected chi connectivity index (χ2v) is 3.63. The third kappa shape index (κ3) is 1.19. The summed E-state index contributed by atoms with van der Waals surface area (Å²) < 4.78 is 0. The molecule has 72 valence electrons. The summed E-state index contributed by atoms with van der Waals surface area (Å²) in [5, 5.41) is 20.3. The zero-order valence-electron chi connectivity index (χ0n) is 6.96. The van der Waals surface area contributed by atoms with Gasteiger partial charge in [0.05, 0.1) is 10.0 Å². The molecule has 0 fully saturated rings. The highest BCUT2D eigenvalue weighted by Gasteiger charge is 2.15. The maximum absolute atomic E-state index is 9.42. The maximum atomic E-state index is 9.42. The molecule has 0 aromatic heterocycles. The van der Waals surface area contributed by atoms with Crippen LogP contribution < -0.4 is 0 Å². The van der Waals surface area contributed by atoms with Crippen LogP contribution in [0.4, 0.5) is 0 Å². The molecule has 0 aliphatic carbocycles. The van der Waals surface area contributed by atoms with Crippen LogP contribution in [0.15, 0.2) is 24.3 Å². The predicted molar refractivity (Wildman–Crippen MR) is 57.3 cm³/mol. The van der Waals surface area contributed by atoms with Crippen LogP contribution in [0.2, 0.25) is 10.0 Å². The number of rotatable bonds is 0. The van der Waals surface area contributed by atoms with Crippen molar-refractivity contribution < 1.29 is 10.2 Å². The van der Waals surface area contributed by atoms with E-state index in [0.717, 1.165) is 0 Å². The molecule has 0 heterocycles. The number of hydrogen-bond acceptors (Lipinski definition) is 2. The fourth-order valence-corrected chi connectivity index (χ4v) is 1.84. The van der Waals surface area contributed by atoms with Crippen molar-refractivity contribution in [1.29, 1.82) is 0 Å². The first-order valence-electron chi connectivity index (χ1n) is 3.90. The highest BCUT2D eigenvalue weighted by Crippen LogP contribution is 2.45. The molecule has 0 amide bonds. The Morgan fingerprint density at radius 2 is 1.14 bits per heavy atom. The average Bonchev–Trinajstić information content (AvgIpc) is 2.23. The van der Waals surface area contributed by atoms with E-state index in [-0.39, 0.29) is 21.5 Å². The Kier molecular flexibility index (Phi) is 2.17. The molecule has 2 aromatic carbocycles. The largest absolute Gasteiger partial charge is 0.503 e. The van der Waals surface area contributed by atoms with Crippen LogP contribution in [0, 0.1) is 0 Å². The summed E-state index contributed by atoms with van der Waals surface area (Å²) in [6, 6.07) is 7.01. The van der Waals surface area contributed by atoms with Crippen LogP contribution in [-0.2, 0) is 0 Å². The van der Waals surface area contributed by atoms with Gasteiger partial charge in [0, 0.05) is 10.8 Å². The number of aromatic hydroxyl groups is 2. The molecule has 0 atom stereocenters. The van der Waals surface area contributed by atoms with Gasteiger partial charge in [-0.1, -0.05) is 47.5 Å². The van der Waals surface area contributed by atoms with Crippen LogP contribution >= 0.6 is 23.2 Å². The zero-order chi connectivity index (χ0) is 10.3. The van der Waals surface area contributed by atoms with Crippen molar-refractivity contribution in [3.05, 3.63) is 34.3 Å². The van der Waals surface area contributed by atoms with Crippen LogP contribution in [-0.4, -0.2) is 10.2 Å². The summed E-state index contributed by atoms with van der Waals surface area (Å²) in [5.74, 6) is -0.759. The molecule has 0 unspecified atom stereocenters. The van der Waals surface area contributed by atoms with Gasteiger partial charge in [-0.3, -0.25) is 0 Å². The van der Waals surface area contributed by atoms with E-state index in [1.807, 2.05) is 0 Å². The Morgan fingerprint density at radius 1 is 0.786 bits per heavy atom. The number of benzene rings is 2. The molecule has 14 heavy (non-hydrogen) atoms. The first kappa shape index (κ1) is 9.44. The highest BCUT2D eigenvalue weighted by molar-refractivity contribution is 6.42. The molecule has 0 spiro atoms. The van der Waals surface area contributed by atoms with Crippen molar-refractivity contribution >= 4 is 34.0 Å². The molecule has 2 nitrogen and oxygen atoms in total. The third-order valence-corrected chi connectivity index (χ3v) is 2.81. The minimum atomic E-state index is -0.379. The van der Waals surface area contributed by atoms with Crippen LogP contribution in [0.5, 0.6) is 11.5 Å². The number of hydrogen-bond donors (Lipinski definition) is 2. The van der Waals surface area contributed by atoms with Crippen molar-refractivity contribution in [2.24, 2.45) is 0 Å². The molecular formula is C10H6Cl2O2. The topological polar surface area (TPSA) is 40.5 Å². The number of phenols is 2. The van der Waals surface area contributed by atoms with Crippen molar-refractivity contribution in [3.63, 3.8) is 0 Å². The van der Waals surface area contributed by atoms with Gasteiger partial charge in [0.15, 0.2) is 11.5 Å². The Hall–Kier alpha value is -1.12. The van der Waals surface area contributed by atoms with Gasteiger partial charge < -0.3 is 10.2 Å². The molecule has 2 N–H and O–H groups in total. The average molecular weight is 229 g/mol. The summed E-state index contributed by atoms with van der Waals surface area (Å²) >= 11 is 11.7. The molecule has 0 saturated heterocycles. The third-order valence-electron chi connectivity index (χ3n) is 2.04. The summed E-state index contributed by atoms with van der Waals surface area (Å²) in [7, 11) is 0. The number of fused-ring (bicyclic) bond motifs is 1. The normalized spacial score (nSPS) is 10.7. The number of halogens is 2. The zero-order valence-corrected chi connectivity index (χ0v) is 8.47. The number of phenolic OH excluding ortho intramolecular Hbond substituents is 2. The lowest BCUT2D eigenvalue weighted by atomic mass is 10.1. The van der Waals surface area contributed by atoms with Crippen molar-refractivity contribution in [1.82, 2.24) is 0 Å². The van der Waals surface area contributed by atoms with Crippen molar-refractivity contribution in [2.45, 2.75) is 0 Å². The minimum absolute atomic E-state index is 0.113. The lowest BCUT2D eigenvalue weighted by Gasteiger charge is -2.07. The first-order valence-corrected chi connectivity index (χ1v) is 4.66. The molecule has 0 bridgehead atoms. The molecule has 0 aliphatic rings. The summed E-state index contributed by atoms with van der Waals surface area (Å²) in [6.07, 6.45) is 0. The molecule has 0 radical (unpaired) electrons. The Morgan fingerprint density at radius 3 is 1.50 bits per heavy atom. The fraction of sp³-hybridized carbons (Fsp3) is 0. The van der Waals surface area contributed by atoms with Gasteiger partial charge in [-0.05, 0) is 0 Å². The van der Waals surface area contributed by atoms with Gasteiger partial charge in [-0.2, -0.15) is 0 Å². The molecule has 0 saturated carbocycles. The Bertz CT molecular complexity index is 462. The van der Waals surface area contributed by atoms with Gasteiger partial charge in [-0.15, -0.1) is 0 Å². The van der Waals surface area contributed by atoms with E-state index in [2.05, 4.69) is 0 Å². The van der Waals surface area contributed by atoms with E-state index in [1.54, 1.807) is 24.3 Å². The van der Waals surface area contributed by atoms with Gasteiger partial charge in [0.1, 0.15) is 0 Å². The van der Waals surface area contributed by atoms with Gasteiger partial charge in [-0.25, -0.2) is 0 Å². The quantitative estimate of drug-likeness (QED) is 0.678. The van der Waals surface area contributed by atoms with Gasteiger partial charge in [0.25, 0.3) is 0 Å². The minimum Gasteiger partial charge on any atom is -0.503 e. The Labute approximate surface area is 90.3 Å². The highest BCUT2D eigenvalue weighted by atomic mass is 35.5. The van der Waals surface area contributed by atoms with E-state index in [9.17, 15) is 10.2 Å². The summed E-state index contributed by atoms with van der Waals surface area (Å²) in [4.78, 5) is 0. The van der Waals surface area contributed by atoms with Gasteiger partial charge in [0.2, 0.25) is 0 Å². The molecule has 2 aromatic rings. The SMILES string of the molecule is Oc1c(O)c(Cl)c2ccccc2c1Cl.